The Kier molecular flexibility index (Phi) is 7.27. The Morgan fingerprint density at radius 3 is 2.59 bits per heavy atom. The lowest BCUT2D eigenvalue weighted by Crippen LogP contribution is -2.31. The van der Waals surface area contributed by atoms with Crippen LogP contribution in [-0.2, 0) is 6.54 Å². The lowest BCUT2D eigenvalue weighted by molar-refractivity contribution is 0.1000. The molecule has 180 valence electrons. The van der Waals surface area contributed by atoms with Gasteiger partial charge in [-0.05, 0) is 63.5 Å². The molecule has 0 unspecified atom stereocenters. The second-order valence-corrected chi connectivity index (χ2v) is 8.38. The Balaban J connectivity index is 1.42. The fraction of sp³-hybridized carbons (Fsp3) is 0.417. The lowest BCUT2D eigenvalue weighted by Gasteiger charge is -2.26. The van der Waals surface area contributed by atoms with Crippen LogP contribution in [0.3, 0.4) is 0 Å². The molecule has 0 atom stereocenters. The molecule has 1 amide bonds. The molecule has 34 heavy (non-hydrogen) atoms. The van der Waals surface area contributed by atoms with Gasteiger partial charge in [-0.25, -0.2) is 4.98 Å². The van der Waals surface area contributed by atoms with Crippen molar-refractivity contribution in [1.82, 2.24) is 19.4 Å². The maximum atomic E-state index is 12.7. The SMILES string of the molecule is CCn1c(N)c(C(N)=O)c(=O)c2cnc(Nc3ccc(OCCCN4CCCCC4)cc3)nc21. The van der Waals surface area contributed by atoms with Crippen LogP contribution in [0, 0.1) is 0 Å². The molecule has 1 aromatic carbocycles. The third kappa shape index (κ3) is 5.12. The Hall–Kier alpha value is -3.66. The molecule has 2 aromatic heterocycles. The predicted octanol–water partition coefficient (Wildman–Crippen LogP) is 2.49. The number of ether oxygens (including phenoxy) is 1. The Labute approximate surface area is 197 Å². The predicted molar refractivity (Wildman–Crippen MR) is 133 cm³/mol. The molecule has 10 nitrogen and oxygen atoms in total. The maximum Gasteiger partial charge on any atom is 0.256 e. The number of likely N-dealkylation sites (tertiary alicyclic amines) is 1. The van der Waals surface area contributed by atoms with Gasteiger partial charge in [-0.1, -0.05) is 6.42 Å². The lowest BCUT2D eigenvalue weighted by atomic mass is 10.1. The number of aromatic nitrogens is 3. The molecule has 5 N–H and O–H groups in total. The van der Waals surface area contributed by atoms with E-state index in [9.17, 15) is 9.59 Å². The molecule has 10 heteroatoms. The van der Waals surface area contributed by atoms with E-state index in [1.54, 1.807) is 4.57 Å². The third-order valence-corrected chi connectivity index (χ3v) is 6.05. The summed E-state index contributed by atoms with van der Waals surface area (Å²) in [6.45, 7) is 6.40. The van der Waals surface area contributed by atoms with Gasteiger partial charge in [0.15, 0.2) is 5.65 Å². The number of fused-ring (bicyclic) bond motifs is 1. The van der Waals surface area contributed by atoms with Gasteiger partial charge in [0.2, 0.25) is 11.4 Å². The van der Waals surface area contributed by atoms with E-state index < -0.39 is 11.3 Å². The quantitative estimate of drug-likeness (QED) is 0.409. The number of carbonyl (C=O) groups is 1. The molecule has 3 aromatic rings. The van der Waals surface area contributed by atoms with Crippen LogP contribution >= 0.6 is 0 Å². The summed E-state index contributed by atoms with van der Waals surface area (Å²) < 4.78 is 7.45. The summed E-state index contributed by atoms with van der Waals surface area (Å²) in [5.74, 6) is 0.229. The molecular weight excluding hydrogens is 434 g/mol. The van der Waals surface area contributed by atoms with Crippen molar-refractivity contribution < 1.29 is 9.53 Å². The number of nitrogens with zero attached hydrogens (tertiary/aromatic N) is 4. The van der Waals surface area contributed by atoms with E-state index in [0.29, 0.717) is 24.7 Å². The molecular formula is C24H31N7O3. The van der Waals surface area contributed by atoms with E-state index in [-0.39, 0.29) is 16.8 Å². The normalized spacial score (nSPS) is 14.3. The number of hydrogen-bond acceptors (Lipinski definition) is 8. The molecule has 1 fully saturated rings. The number of carbonyl (C=O) groups excluding carboxylic acids is 1. The number of nitrogens with two attached hydrogens (primary N) is 2. The van der Waals surface area contributed by atoms with Crippen molar-refractivity contribution >= 4 is 34.4 Å². The van der Waals surface area contributed by atoms with Gasteiger partial charge in [0, 0.05) is 25.0 Å². The van der Waals surface area contributed by atoms with Gasteiger partial charge in [0.1, 0.15) is 17.1 Å². The van der Waals surface area contributed by atoms with E-state index in [0.717, 1.165) is 24.4 Å². The van der Waals surface area contributed by atoms with Gasteiger partial charge >= 0.3 is 0 Å². The number of hydrogen-bond donors (Lipinski definition) is 3. The van der Waals surface area contributed by atoms with Crippen molar-refractivity contribution in [2.24, 2.45) is 5.73 Å². The average Bonchev–Trinajstić information content (AvgIpc) is 2.83. The number of pyridine rings is 1. The van der Waals surface area contributed by atoms with E-state index in [2.05, 4.69) is 20.2 Å². The zero-order valence-corrected chi connectivity index (χ0v) is 19.4. The van der Waals surface area contributed by atoms with Crippen LogP contribution in [0.2, 0.25) is 0 Å². The summed E-state index contributed by atoms with van der Waals surface area (Å²) in [5, 5.41) is 3.31. The fourth-order valence-electron chi connectivity index (χ4n) is 4.28. The number of benzene rings is 1. The van der Waals surface area contributed by atoms with Gasteiger partial charge in [0.05, 0.1) is 12.0 Å². The van der Waals surface area contributed by atoms with Crippen molar-refractivity contribution in [3.05, 3.63) is 46.2 Å². The van der Waals surface area contributed by atoms with E-state index >= 15 is 0 Å². The molecule has 0 bridgehead atoms. The Bertz CT molecular complexity index is 1220. The number of anilines is 3. The third-order valence-electron chi connectivity index (χ3n) is 6.05. The zero-order valence-electron chi connectivity index (χ0n) is 19.4. The summed E-state index contributed by atoms with van der Waals surface area (Å²) in [6.07, 6.45) is 6.33. The molecule has 1 saturated heterocycles. The number of nitrogen functional groups attached to an aromatic ring is 1. The summed E-state index contributed by atoms with van der Waals surface area (Å²) >= 11 is 0. The van der Waals surface area contributed by atoms with E-state index in [1.165, 1.54) is 38.5 Å². The minimum Gasteiger partial charge on any atom is -0.494 e. The van der Waals surface area contributed by atoms with E-state index in [1.807, 2.05) is 31.2 Å². The number of aryl methyl sites for hydroxylation is 1. The number of nitrogens with one attached hydrogen (secondary N) is 1. The summed E-state index contributed by atoms with van der Waals surface area (Å²) in [5.41, 5.74) is 11.7. The van der Waals surface area contributed by atoms with Gasteiger partial charge in [-0.3, -0.25) is 9.59 Å². The van der Waals surface area contributed by atoms with Crippen LogP contribution in [0.25, 0.3) is 11.0 Å². The highest BCUT2D eigenvalue weighted by molar-refractivity contribution is 6.00. The molecule has 0 saturated carbocycles. The smallest absolute Gasteiger partial charge is 0.256 e. The van der Waals surface area contributed by atoms with Gasteiger partial charge in [-0.2, -0.15) is 4.98 Å². The second kappa shape index (κ2) is 10.5. The topological polar surface area (TPSA) is 141 Å². The maximum absolute atomic E-state index is 12.7. The highest BCUT2D eigenvalue weighted by Crippen LogP contribution is 2.21. The van der Waals surface area contributed by atoms with Crippen molar-refractivity contribution in [3.63, 3.8) is 0 Å². The van der Waals surface area contributed by atoms with Crippen molar-refractivity contribution in [3.8, 4) is 5.75 Å². The summed E-state index contributed by atoms with van der Waals surface area (Å²) in [4.78, 5) is 35.6. The number of primary amides is 1. The molecule has 0 aliphatic carbocycles. The van der Waals surface area contributed by atoms with Crippen LogP contribution in [-0.4, -0.2) is 51.6 Å². The largest absolute Gasteiger partial charge is 0.494 e. The standard InChI is InChI=1S/C24H31N7O3/c1-2-31-21(25)19(22(26)33)20(32)18-15-27-24(29-23(18)31)28-16-7-9-17(10-8-16)34-14-6-13-30-11-4-3-5-12-30/h7-10,15H,2-6,11-14,25H2,1H3,(H2,26,33)(H,27,28,29). The highest BCUT2D eigenvalue weighted by Gasteiger charge is 2.20. The number of rotatable bonds is 9. The number of piperidine rings is 1. The fourth-order valence-corrected chi connectivity index (χ4v) is 4.28. The minimum absolute atomic E-state index is 0.000983. The monoisotopic (exact) mass is 465 g/mol. The van der Waals surface area contributed by atoms with Crippen LogP contribution < -0.4 is 26.9 Å². The first-order chi connectivity index (χ1) is 16.5. The molecule has 1 aliphatic heterocycles. The van der Waals surface area contributed by atoms with Crippen molar-refractivity contribution in [1.29, 1.82) is 0 Å². The zero-order chi connectivity index (χ0) is 24.1. The van der Waals surface area contributed by atoms with Crippen LogP contribution in [0.5, 0.6) is 5.75 Å². The highest BCUT2D eigenvalue weighted by atomic mass is 16.5. The minimum atomic E-state index is -0.873. The molecule has 1 aliphatic rings. The van der Waals surface area contributed by atoms with Crippen molar-refractivity contribution in [2.75, 3.05) is 37.3 Å². The number of amides is 1. The van der Waals surface area contributed by atoms with E-state index in [4.69, 9.17) is 16.2 Å². The first-order valence-corrected chi connectivity index (χ1v) is 11.7. The molecule has 0 spiro atoms. The Morgan fingerprint density at radius 1 is 1.18 bits per heavy atom. The van der Waals surface area contributed by atoms with Crippen LogP contribution in [0.1, 0.15) is 43.0 Å². The molecule has 3 heterocycles. The van der Waals surface area contributed by atoms with Crippen molar-refractivity contribution in [2.45, 2.75) is 39.2 Å². The first kappa shape index (κ1) is 23.5. The summed E-state index contributed by atoms with van der Waals surface area (Å²) in [6, 6.07) is 7.54. The second-order valence-electron chi connectivity index (χ2n) is 8.38. The Morgan fingerprint density at radius 2 is 1.91 bits per heavy atom. The average molecular weight is 466 g/mol. The molecule has 4 rings (SSSR count). The van der Waals surface area contributed by atoms with Gasteiger partial charge < -0.3 is 31.0 Å². The van der Waals surface area contributed by atoms with Crippen LogP contribution in [0.15, 0.2) is 35.3 Å². The van der Waals surface area contributed by atoms with Crippen LogP contribution in [0.4, 0.5) is 17.5 Å². The van der Waals surface area contributed by atoms with Gasteiger partial charge in [-0.15, -0.1) is 0 Å². The summed E-state index contributed by atoms with van der Waals surface area (Å²) in [7, 11) is 0. The molecule has 0 radical (unpaired) electrons. The van der Waals surface area contributed by atoms with Gasteiger partial charge in [0.25, 0.3) is 5.91 Å². The first-order valence-electron chi connectivity index (χ1n) is 11.7.